The number of rotatable bonds is 4. The highest BCUT2D eigenvalue weighted by Crippen LogP contribution is 2.32. The van der Waals surface area contributed by atoms with Gasteiger partial charge in [0.2, 0.25) is 0 Å². The number of benzene rings is 1. The molecule has 0 radical (unpaired) electrons. The van der Waals surface area contributed by atoms with Crippen LogP contribution in [0, 0.1) is 13.8 Å². The summed E-state index contributed by atoms with van der Waals surface area (Å²) in [6, 6.07) is 9.53. The van der Waals surface area contributed by atoms with Crippen molar-refractivity contribution in [2.75, 3.05) is 0 Å². The molecule has 31 heavy (non-hydrogen) atoms. The van der Waals surface area contributed by atoms with Gasteiger partial charge in [0.1, 0.15) is 6.33 Å². The van der Waals surface area contributed by atoms with Gasteiger partial charge in [0.05, 0.1) is 17.9 Å². The zero-order chi connectivity index (χ0) is 21.4. The summed E-state index contributed by atoms with van der Waals surface area (Å²) in [6.45, 7) is 4.22. The van der Waals surface area contributed by atoms with Gasteiger partial charge in [0, 0.05) is 23.0 Å². The van der Waals surface area contributed by atoms with Gasteiger partial charge in [0.25, 0.3) is 5.91 Å². The molecule has 5 rings (SSSR count). The normalized spacial score (nSPS) is 15.5. The van der Waals surface area contributed by atoms with Gasteiger partial charge in [-0.2, -0.15) is 9.78 Å². The molecule has 1 aromatic carbocycles. The van der Waals surface area contributed by atoms with Crippen LogP contribution in [-0.4, -0.2) is 40.9 Å². The summed E-state index contributed by atoms with van der Waals surface area (Å²) >= 11 is 0. The molecule has 3 heterocycles. The SMILES string of the molecule is Cc1cccc(-n2ncc3c2CCCC3NC(=O)c2ccnc(-n3cnnn3)c2)c1C. The Balaban J connectivity index is 1.42. The molecule has 4 aromatic rings. The molecule has 1 aliphatic carbocycles. The van der Waals surface area contributed by atoms with E-state index in [1.54, 1.807) is 18.3 Å². The first kappa shape index (κ1) is 19.1. The molecule has 0 saturated heterocycles. The van der Waals surface area contributed by atoms with E-state index in [9.17, 15) is 4.79 Å². The third-order valence-electron chi connectivity index (χ3n) is 5.88. The predicted octanol–water partition coefficient (Wildman–Crippen LogP) is 2.67. The van der Waals surface area contributed by atoms with E-state index < -0.39 is 0 Å². The summed E-state index contributed by atoms with van der Waals surface area (Å²) in [4.78, 5) is 17.2. The van der Waals surface area contributed by atoms with Gasteiger partial charge in [-0.25, -0.2) is 9.67 Å². The fourth-order valence-electron chi connectivity index (χ4n) is 4.07. The first-order chi connectivity index (χ1) is 15.1. The van der Waals surface area contributed by atoms with Gasteiger partial charge < -0.3 is 5.32 Å². The number of aromatic nitrogens is 7. The van der Waals surface area contributed by atoms with Crippen LogP contribution in [0.15, 0.2) is 49.1 Å². The van der Waals surface area contributed by atoms with Crippen molar-refractivity contribution in [1.29, 1.82) is 0 Å². The number of tetrazole rings is 1. The fraction of sp³-hybridized carbons (Fsp3) is 0.273. The van der Waals surface area contributed by atoms with Gasteiger partial charge in [-0.15, -0.1) is 5.10 Å². The summed E-state index contributed by atoms with van der Waals surface area (Å²) in [6.07, 6.45) is 7.72. The lowest BCUT2D eigenvalue weighted by Gasteiger charge is -2.24. The maximum Gasteiger partial charge on any atom is 0.251 e. The van der Waals surface area contributed by atoms with E-state index in [1.165, 1.54) is 22.1 Å². The Hall–Kier alpha value is -3.88. The summed E-state index contributed by atoms with van der Waals surface area (Å²) in [7, 11) is 0. The number of pyridine rings is 1. The van der Waals surface area contributed by atoms with Crippen molar-refractivity contribution in [2.24, 2.45) is 0 Å². The van der Waals surface area contributed by atoms with Gasteiger partial charge >= 0.3 is 0 Å². The molecule has 3 aromatic heterocycles. The minimum Gasteiger partial charge on any atom is -0.345 e. The third kappa shape index (κ3) is 3.48. The Kier molecular flexibility index (Phi) is 4.78. The largest absolute Gasteiger partial charge is 0.345 e. The summed E-state index contributed by atoms with van der Waals surface area (Å²) in [5, 5.41) is 18.9. The fourth-order valence-corrected chi connectivity index (χ4v) is 4.07. The predicted molar refractivity (Wildman–Crippen MR) is 113 cm³/mol. The van der Waals surface area contributed by atoms with Crippen LogP contribution in [-0.2, 0) is 6.42 Å². The lowest BCUT2D eigenvalue weighted by Crippen LogP contribution is -2.31. The third-order valence-corrected chi connectivity index (χ3v) is 5.88. The second-order valence-electron chi connectivity index (χ2n) is 7.75. The highest BCUT2D eigenvalue weighted by Gasteiger charge is 2.27. The molecule has 1 amide bonds. The molecule has 9 nitrogen and oxygen atoms in total. The van der Waals surface area contributed by atoms with Crippen LogP contribution < -0.4 is 5.32 Å². The molecule has 0 saturated carbocycles. The summed E-state index contributed by atoms with van der Waals surface area (Å²) in [5.41, 5.74) is 6.29. The van der Waals surface area contributed by atoms with Crippen molar-refractivity contribution < 1.29 is 4.79 Å². The Labute approximate surface area is 179 Å². The number of carbonyl (C=O) groups excluding carboxylic acids is 1. The highest BCUT2D eigenvalue weighted by molar-refractivity contribution is 5.94. The zero-order valence-corrected chi connectivity index (χ0v) is 17.4. The van der Waals surface area contributed by atoms with Crippen molar-refractivity contribution in [3.63, 3.8) is 0 Å². The number of fused-ring (bicyclic) bond motifs is 1. The second kappa shape index (κ2) is 7.75. The molecular weight excluding hydrogens is 392 g/mol. The molecule has 9 heteroatoms. The first-order valence-electron chi connectivity index (χ1n) is 10.3. The molecule has 0 spiro atoms. The van der Waals surface area contributed by atoms with E-state index in [-0.39, 0.29) is 11.9 Å². The zero-order valence-electron chi connectivity index (χ0n) is 17.4. The Bertz CT molecular complexity index is 1240. The van der Waals surface area contributed by atoms with Crippen LogP contribution in [0.4, 0.5) is 0 Å². The Morgan fingerprint density at radius 3 is 2.97 bits per heavy atom. The summed E-state index contributed by atoms with van der Waals surface area (Å²) in [5.74, 6) is 0.332. The van der Waals surface area contributed by atoms with Crippen LogP contribution in [0.5, 0.6) is 0 Å². The molecule has 0 fully saturated rings. The van der Waals surface area contributed by atoms with Crippen molar-refractivity contribution in [2.45, 2.75) is 39.2 Å². The number of nitrogens with one attached hydrogen (secondary N) is 1. The number of aryl methyl sites for hydroxylation is 1. The Morgan fingerprint density at radius 2 is 2.13 bits per heavy atom. The number of nitrogens with zero attached hydrogens (tertiary/aromatic N) is 7. The van der Waals surface area contributed by atoms with Crippen LogP contribution in [0.1, 0.15) is 51.6 Å². The first-order valence-corrected chi connectivity index (χ1v) is 10.3. The molecular formula is C22H22N8O. The van der Waals surface area contributed by atoms with Crippen molar-refractivity contribution in [3.05, 3.63) is 77.0 Å². The van der Waals surface area contributed by atoms with Crippen LogP contribution >= 0.6 is 0 Å². The number of hydrogen-bond acceptors (Lipinski definition) is 6. The van der Waals surface area contributed by atoms with E-state index in [4.69, 9.17) is 0 Å². The van der Waals surface area contributed by atoms with Gasteiger partial charge in [0.15, 0.2) is 5.82 Å². The number of amides is 1. The smallest absolute Gasteiger partial charge is 0.251 e. The van der Waals surface area contributed by atoms with Crippen LogP contribution in [0.3, 0.4) is 0 Å². The van der Waals surface area contributed by atoms with Gasteiger partial charge in [-0.05, 0) is 72.9 Å². The van der Waals surface area contributed by atoms with E-state index in [1.807, 2.05) is 10.9 Å². The minimum absolute atomic E-state index is 0.0835. The standard InChI is InChI=1S/C22H22N8O/c1-14-5-3-7-19(15(14)2)30-20-8-4-6-18(17(20)12-25-30)26-22(31)16-9-10-23-21(11-16)29-13-24-27-28-29/h3,5,7,9-13,18H,4,6,8H2,1-2H3,(H,26,31). The van der Waals surface area contributed by atoms with Gasteiger partial charge in [-0.3, -0.25) is 4.79 Å². The molecule has 1 unspecified atom stereocenters. The number of hydrogen-bond donors (Lipinski definition) is 1. The average molecular weight is 414 g/mol. The van der Waals surface area contributed by atoms with E-state index in [0.29, 0.717) is 11.4 Å². The molecule has 1 N–H and O–H groups in total. The number of carbonyl (C=O) groups is 1. The molecule has 1 atom stereocenters. The molecule has 156 valence electrons. The molecule has 0 bridgehead atoms. The van der Waals surface area contributed by atoms with Crippen molar-refractivity contribution >= 4 is 5.91 Å². The van der Waals surface area contributed by atoms with Crippen LogP contribution in [0.2, 0.25) is 0 Å². The minimum atomic E-state index is -0.158. The quantitative estimate of drug-likeness (QED) is 0.551. The lowest BCUT2D eigenvalue weighted by molar-refractivity contribution is 0.0932. The molecule has 1 aliphatic rings. The topological polar surface area (TPSA) is 103 Å². The molecule has 0 aliphatic heterocycles. The van der Waals surface area contributed by atoms with Crippen molar-refractivity contribution in [1.82, 2.24) is 40.3 Å². The van der Waals surface area contributed by atoms with Crippen LogP contribution in [0.25, 0.3) is 11.5 Å². The van der Waals surface area contributed by atoms with Gasteiger partial charge in [-0.1, -0.05) is 12.1 Å². The van der Waals surface area contributed by atoms with E-state index in [2.05, 4.69) is 63.0 Å². The maximum atomic E-state index is 13.0. The average Bonchev–Trinajstić information content (AvgIpc) is 3.47. The van der Waals surface area contributed by atoms with E-state index >= 15 is 0 Å². The highest BCUT2D eigenvalue weighted by atomic mass is 16.1. The summed E-state index contributed by atoms with van der Waals surface area (Å²) < 4.78 is 3.45. The van der Waals surface area contributed by atoms with Crippen molar-refractivity contribution in [3.8, 4) is 11.5 Å². The maximum absolute atomic E-state index is 13.0. The monoisotopic (exact) mass is 414 g/mol. The van der Waals surface area contributed by atoms with E-state index in [0.717, 1.165) is 36.2 Å². The lowest BCUT2D eigenvalue weighted by atomic mass is 9.92. The second-order valence-corrected chi connectivity index (χ2v) is 7.75. The Morgan fingerprint density at radius 1 is 1.23 bits per heavy atom.